The van der Waals surface area contributed by atoms with Gasteiger partial charge in [-0.05, 0) is 25.9 Å². The summed E-state index contributed by atoms with van der Waals surface area (Å²) < 4.78 is 0. The molecule has 1 fully saturated rings. The second kappa shape index (κ2) is 4.75. The molecule has 1 saturated heterocycles. The summed E-state index contributed by atoms with van der Waals surface area (Å²) in [5.41, 5.74) is -0.666. The second-order valence-electron chi connectivity index (χ2n) is 3.85. The maximum atomic E-state index is 11.2. The Labute approximate surface area is 85.3 Å². The van der Waals surface area contributed by atoms with E-state index < -0.39 is 11.5 Å². The van der Waals surface area contributed by atoms with Crippen LogP contribution >= 0.6 is 0 Å². The van der Waals surface area contributed by atoms with Crippen molar-refractivity contribution in [1.29, 1.82) is 0 Å². The number of aliphatic carboxylic acids is 1. The van der Waals surface area contributed by atoms with E-state index in [9.17, 15) is 9.90 Å². The number of likely N-dealkylation sites (N-methyl/N-ethyl adjacent to an activating group) is 1. The van der Waals surface area contributed by atoms with Crippen LogP contribution in [-0.2, 0) is 4.79 Å². The van der Waals surface area contributed by atoms with E-state index in [0.29, 0.717) is 12.8 Å². The number of carboxylic acid groups (broad SMARTS) is 1. The summed E-state index contributed by atoms with van der Waals surface area (Å²) in [6.45, 7) is 7.57. The molecule has 1 rings (SSSR count). The maximum absolute atomic E-state index is 11.2. The van der Waals surface area contributed by atoms with Gasteiger partial charge >= 0.3 is 5.97 Å². The van der Waals surface area contributed by atoms with Gasteiger partial charge < -0.3 is 15.3 Å². The predicted octanol–water partition coefficient (Wildman–Crippen LogP) is 0.535. The molecule has 4 heteroatoms. The lowest BCUT2D eigenvalue weighted by molar-refractivity contribution is -0.147. The fourth-order valence-corrected chi connectivity index (χ4v) is 2.06. The quantitative estimate of drug-likeness (QED) is 0.695. The average molecular weight is 200 g/mol. The van der Waals surface area contributed by atoms with Crippen LogP contribution in [0.1, 0.15) is 26.7 Å². The molecular weight excluding hydrogens is 180 g/mol. The van der Waals surface area contributed by atoms with Gasteiger partial charge in [-0.3, -0.25) is 4.79 Å². The van der Waals surface area contributed by atoms with Gasteiger partial charge in [-0.25, -0.2) is 0 Å². The molecule has 0 aliphatic carbocycles. The Balaban J connectivity index is 2.59. The normalized spacial score (nSPS) is 22.1. The summed E-state index contributed by atoms with van der Waals surface area (Å²) in [7, 11) is 0. The van der Waals surface area contributed by atoms with E-state index in [2.05, 4.69) is 17.1 Å². The van der Waals surface area contributed by atoms with E-state index in [-0.39, 0.29) is 0 Å². The van der Waals surface area contributed by atoms with Gasteiger partial charge in [0.15, 0.2) is 0 Å². The van der Waals surface area contributed by atoms with Crippen LogP contribution < -0.4 is 5.32 Å². The maximum Gasteiger partial charge on any atom is 0.323 e. The van der Waals surface area contributed by atoms with Gasteiger partial charge in [0.2, 0.25) is 0 Å². The molecule has 0 spiro atoms. The minimum absolute atomic E-state index is 0.666. The van der Waals surface area contributed by atoms with E-state index in [0.717, 1.165) is 26.2 Å². The number of piperidine rings is 1. The minimum Gasteiger partial charge on any atom is -0.480 e. The Morgan fingerprint density at radius 2 is 2.00 bits per heavy atom. The van der Waals surface area contributed by atoms with E-state index in [1.165, 1.54) is 0 Å². The molecule has 1 aliphatic rings. The van der Waals surface area contributed by atoms with Crippen molar-refractivity contribution < 1.29 is 9.90 Å². The molecule has 0 amide bonds. The largest absolute Gasteiger partial charge is 0.480 e. The third kappa shape index (κ3) is 2.25. The van der Waals surface area contributed by atoms with E-state index in [4.69, 9.17) is 0 Å². The van der Waals surface area contributed by atoms with Crippen LogP contribution in [0.5, 0.6) is 0 Å². The van der Waals surface area contributed by atoms with Gasteiger partial charge in [-0.15, -0.1) is 0 Å². The van der Waals surface area contributed by atoms with Crippen LogP contribution in [0.15, 0.2) is 0 Å². The zero-order valence-electron chi connectivity index (χ0n) is 9.05. The first-order valence-electron chi connectivity index (χ1n) is 5.35. The number of rotatable bonds is 4. The molecule has 1 heterocycles. The lowest BCUT2D eigenvalue weighted by atomic mass is 9.87. The van der Waals surface area contributed by atoms with Gasteiger partial charge in [0, 0.05) is 13.1 Å². The number of nitrogens with zero attached hydrogens (tertiary/aromatic N) is 1. The first-order valence-corrected chi connectivity index (χ1v) is 5.35. The van der Waals surface area contributed by atoms with Crippen molar-refractivity contribution in [2.75, 3.05) is 26.2 Å². The van der Waals surface area contributed by atoms with Crippen molar-refractivity contribution in [2.45, 2.75) is 32.2 Å². The van der Waals surface area contributed by atoms with Crippen molar-refractivity contribution in [3.8, 4) is 0 Å². The van der Waals surface area contributed by atoms with Gasteiger partial charge in [0.05, 0.1) is 0 Å². The Kier molecular flexibility index (Phi) is 3.89. The topological polar surface area (TPSA) is 52.6 Å². The molecule has 4 nitrogen and oxygen atoms in total. The number of hydrogen-bond donors (Lipinski definition) is 2. The minimum atomic E-state index is -0.699. The number of likely N-dealkylation sites (tertiary alicyclic amines) is 1. The summed E-state index contributed by atoms with van der Waals surface area (Å²) >= 11 is 0. The second-order valence-corrected chi connectivity index (χ2v) is 3.85. The summed E-state index contributed by atoms with van der Waals surface area (Å²) in [6.07, 6.45) is 1.42. The summed E-state index contributed by atoms with van der Waals surface area (Å²) in [5, 5.41) is 12.3. The standard InChI is InChI=1S/C10H20N2O2/c1-3-11-10(9(13)14)5-7-12(4-2)8-6-10/h11H,3-8H2,1-2H3,(H,13,14). The van der Waals surface area contributed by atoms with Gasteiger partial charge in [0.25, 0.3) is 0 Å². The number of carbonyl (C=O) groups is 1. The highest BCUT2D eigenvalue weighted by Crippen LogP contribution is 2.22. The molecule has 0 aromatic carbocycles. The fourth-order valence-electron chi connectivity index (χ4n) is 2.06. The van der Waals surface area contributed by atoms with Gasteiger partial charge in [-0.2, -0.15) is 0 Å². The van der Waals surface area contributed by atoms with Gasteiger partial charge in [0.1, 0.15) is 5.54 Å². The summed E-state index contributed by atoms with van der Waals surface area (Å²) in [4.78, 5) is 13.5. The highest BCUT2D eigenvalue weighted by atomic mass is 16.4. The van der Waals surface area contributed by atoms with Crippen LogP contribution in [0, 0.1) is 0 Å². The average Bonchev–Trinajstić information content (AvgIpc) is 2.19. The zero-order chi connectivity index (χ0) is 10.6. The van der Waals surface area contributed by atoms with E-state index in [1.807, 2.05) is 6.92 Å². The summed E-state index contributed by atoms with van der Waals surface area (Å²) in [6, 6.07) is 0. The Morgan fingerprint density at radius 3 is 2.36 bits per heavy atom. The molecule has 82 valence electrons. The SMILES string of the molecule is CCNC1(C(=O)O)CCN(CC)CC1. The third-order valence-corrected chi connectivity index (χ3v) is 3.08. The van der Waals surface area contributed by atoms with Crippen molar-refractivity contribution >= 4 is 5.97 Å². The predicted molar refractivity (Wildman–Crippen MR) is 55.4 cm³/mol. The number of carboxylic acids is 1. The Bertz CT molecular complexity index is 198. The first kappa shape index (κ1) is 11.5. The molecule has 0 aromatic heterocycles. The number of hydrogen-bond acceptors (Lipinski definition) is 3. The molecule has 0 atom stereocenters. The Hall–Kier alpha value is -0.610. The van der Waals surface area contributed by atoms with E-state index >= 15 is 0 Å². The van der Waals surface area contributed by atoms with Crippen molar-refractivity contribution in [3.63, 3.8) is 0 Å². The first-order chi connectivity index (χ1) is 6.64. The molecule has 0 saturated carbocycles. The van der Waals surface area contributed by atoms with Crippen LogP contribution in [0.2, 0.25) is 0 Å². The van der Waals surface area contributed by atoms with Crippen LogP contribution in [0.4, 0.5) is 0 Å². The van der Waals surface area contributed by atoms with Crippen LogP contribution in [-0.4, -0.2) is 47.7 Å². The molecule has 0 aromatic rings. The monoisotopic (exact) mass is 200 g/mol. The van der Waals surface area contributed by atoms with Crippen molar-refractivity contribution in [2.24, 2.45) is 0 Å². The summed E-state index contributed by atoms with van der Waals surface area (Å²) in [5.74, 6) is -0.699. The molecule has 14 heavy (non-hydrogen) atoms. The van der Waals surface area contributed by atoms with Crippen LogP contribution in [0.3, 0.4) is 0 Å². The highest BCUT2D eigenvalue weighted by molar-refractivity contribution is 5.79. The van der Waals surface area contributed by atoms with E-state index in [1.54, 1.807) is 0 Å². The lowest BCUT2D eigenvalue weighted by Crippen LogP contribution is -2.58. The Morgan fingerprint density at radius 1 is 1.43 bits per heavy atom. The molecule has 2 N–H and O–H groups in total. The fraction of sp³-hybridized carbons (Fsp3) is 0.900. The molecular formula is C10H20N2O2. The molecule has 0 unspecified atom stereocenters. The number of nitrogens with one attached hydrogen (secondary N) is 1. The highest BCUT2D eigenvalue weighted by Gasteiger charge is 2.40. The lowest BCUT2D eigenvalue weighted by Gasteiger charge is -2.38. The van der Waals surface area contributed by atoms with Crippen molar-refractivity contribution in [3.05, 3.63) is 0 Å². The van der Waals surface area contributed by atoms with Crippen LogP contribution in [0.25, 0.3) is 0 Å². The smallest absolute Gasteiger partial charge is 0.323 e. The third-order valence-electron chi connectivity index (χ3n) is 3.08. The zero-order valence-corrected chi connectivity index (χ0v) is 9.05. The molecule has 0 radical (unpaired) electrons. The van der Waals surface area contributed by atoms with Gasteiger partial charge in [-0.1, -0.05) is 13.8 Å². The van der Waals surface area contributed by atoms with Crippen molar-refractivity contribution in [1.82, 2.24) is 10.2 Å². The molecule has 0 bridgehead atoms. The molecule has 1 aliphatic heterocycles.